The van der Waals surface area contributed by atoms with E-state index >= 15 is 0 Å². The van der Waals surface area contributed by atoms with Crippen molar-refractivity contribution in [1.29, 1.82) is 0 Å². The highest BCUT2D eigenvalue weighted by atomic mass is 19.1. The molecule has 7 rings (SSSR count). The van der Waals surface area contributed by atoms with Crippen molar-refractivity contribution in [3.05, 3.63) is 71.4 Å². The maximum atomic E-state index is 14.0. The monoisotopic (exact) mass is 482 g/mol. The summed E-state index contributed by atoms with van der Waals surface area (Å²) in [5.74, 6) is 3.07. The topological polar surface area (TPSA) is 70.7 Å². The second-order valence-electron chi connectivity index (χ2n) is 11.1. The first kappa shape index (κ1) is 22.0. The third kappa shape index (κ3) is 4.16. The van der Waals surface area contributed by atoms with Crippen LogP contribution < -0.4 is 5.32 Å². The van der Waals surface area contributed by atoms with E-state index in [-0.39, 0.29) is 11.7 Å². The maximum absolute atomic E-state index is 14.0. The van der Waals surface area contributed by atoms with E-state index in [0.717, 1.165) is 66.3 Å². The number of halogens is 1. The number of nitrogens with one attached hydrogen (secondary N) is 2. The fraction of sp³-hybridized carbons (Fsp3) is 0.433. The molecule has 0 spiro atoms. The number of fused-ring (bicyclic) bond motifs is 2. The molecular formula is C30H31FN4O. The first-order valence-corrected chi connectivity index (χ1v) is 13.5. The van der Waals surface area contributed by atoms with Crippen LogP contribution in [0.2, 0.25) is 0 Å². The largest absolute Gasteiger partial charge is 0.349 e. The number of aromatic nitrogens is 3. The number of hydrogen-bond donors (Lipinski definition) is 2. The Balaban J connectivity index is 1.11. The van der Waals surface area contributed by atoms with Crippen LogP contribution in [0.4, 0.5) is 4.39 Å². The molecule has 184 valence electrons. The van der Waals surface area contributed by atoms with Crippen molar-refractivity contribution in [1.82, 2.24) is 20.3 Å². The SMILES string of the molecule is O=C(NC1CC1)c1ccc2nc(C(C3CCC(c4ccnc5ccc(F)cc45)CC3)C3CC3)[nH]c2c1. The van der Waals surface area contributed by atoms with Crippen LogP contribution in [0.25, 0.3) is 21.9 Å². The van der Waals surface area contributed by atoms with Crippen LogP contribution in [0, 0.1) is 17.7 Å². The molecule has 0 radical (unpaired) electrons. The molecule has 0 saturated heterocycles. The first-order valence-electron chi connectivity index (χ1n) is 13.5. The van der Waals surface area contributed by atoms with Crippen LogP contribution >= 0.6 is 0 Å². The number of rotatable bonds is 6. The molecule has 6 heteroatoms. The zero-order valence-electron chi connectivity index (χ0n) is 20.3. The highest BCUT2D eigenvalue weighted by Gasteiger charge is 2.41. The molecule has 2 aromatic heterocycles. The van der Waals surface area contributed by atoms with E-state index in [4.69, 9.17) is 4.98 Å². The first-order chi connectivity index (χ1) is 17.6. The lowest BCUT2D eigenvalue weighted by Crippen LogP contribution is -2.25. The molecule has 3 saturated carbocycles. The predicted molar refractivity (Wildman–Crippen MR) is 138 cm³/mol. The lowest BCUT2D eigenvalue weighted by molar-refractivity contribution is 0.0951. The molecule has 3 aliphatic carbocycles. The molecular weight excluding hydrogens is 451 g/mol. The second kappa shape index (κ2) is 8.68. The lowest BCUT2D eigenvalue weighted by Gasteiger charge is -2.34. The Bertz CT molecular complexity index is 1450. The van der Waals surface area contributed by atoms with Crippen LogP contribution in [0.3, 0.4) is 0 Å². The van der Waals surface area contributed by atoms with E-state index in [1.165, 1.54) is 24.5 Å². The summed E-state index contributed by atoms with van der Waals surface area (Å²) < 4.78 is 14.0. The Morgan fingerprint density at radius 3 is 2.42 bits per heavy atom. The summed E-state index contributed by atoms with van der Waals surface area (Å²) in [6.45, 7) is 0. The van der Waals surface area contributed by atoms with Gasteiger partial charge in [0.1, 0.15) is 11.6 Å². The Morgan fingerprint density at radius 2 is 1.67 bits per heavy atom. The number of amides is 1. The lowest BCUT2D eigenvalue weighted by atomic mass is 9.72. The van der Waals surface area contributed by atoms with Crippen molar-refractivity contribution in [2.45, 2.75) is 69.2 Å². The van der Waals surface area contributed by atoms with Gasteiger partial charge < -0.3 is 10.3 Å². The molecule has 1 amide bonds. The number of imidazole rings is 1. The van der Waals surface area contributed by atoms with E-state index in [9.17, 15) is 9.18 Å². The minimum absolute atomic E-state index is 0.0103. The fourth-order valence-electron chi connectivity index (χ4n) is 6.40. The number of nitrogens with zero attached hydrogens (tertiary/aromatic N) is 2. The Hall–Kier alpha value is -3.28. The molecule has 5 nitrogen and oxygen atoms in total. The summed E-state index contributed by atoms with van der Waals surface area (Å²) in [6.07, 6.45) is 11.1. The van der Waals surface area contributed by atoms with Crippen molar-refractivity contribution in [2.24, 2.45) is 11.8 Å². The Kier molecular flexibility index (Phi) is 5.30. The van der Waals surface area contributed by atoms with Crippen molar-refractivity contribution < 1.29 is 9.18 Å². The number of H-pyrrole nitrogens is 1. The van der Waals surface area contributed by atoms with Crippen molar-refractivity contribution in [3.63, 3.8) is 0 Å². The molecule has 1 atom stereocenters. The van der Waals surface area contributed by atoms with Gasteiger partial charge in [0.2, 0.25) is 0 Å². The number of carbonyl (C=O) groups is 1. The van der Waals surface area contributed by atoms with Crippen LogP contribution in [0.1, 0.15) is 84.9 Å². The van der Waals surface area contributed by atoms with Gasteiger partial charge in [0.15, 0.2) is 0 Å². The smallest absolute Gasteiger partial charge is 0.251 e. The molecule has 36 heavy (non-hydrogen) atoms. The maximum Gasteiger partial charge on any atom is 0.251 e. The normalized spacial score (nSPS) is 23.1. The molecule has 1 unspecified atom stereocenters. The number of benzene rings is 2. The summed E-state index contributed by atoms with van der Waals surface area (Å²) in [4.78, 5) is 25.6. The summed E-state index contributed by atoms with van der Waals surface area (Å²) >= 11 is 0. The average Bonchev–Trinajstić information content (AvgIpc) is 3.83. The van der Waals surface area contributed by atoms with E-state index in [2.05, 4.69) is 21.4 Å². The molecule has 2 N–H and O–H groups in total. The highest BCUT2D eigenvalue weighted by Crippen LogP contribution is 2.52. The van der Waals surface area contributed by atoms with E-state index in [1.807, 2.05) is 24.4 Å². The number of hydrogen-bond acceptors (Lipinski definition) is 3. The predicted octanol–water partition coefficient (Wildman–Crippen LogP) is 6.61. The summed E-state index contributed by atoms with van der Waals surface area (Å²) in [6, 6.07) is 13.2. The summed E-state index contributed by atoms with van der Waals surface area (Å²) in [7, 11) is 0. The number of carbonyl (C=O) groups excluding carboxylic acids is 1. The standard InChI is InChI=1S/C30H31FN4O/c31-21-8-12-25-24(16-21)23(13-14-32-25)17-1-3-18(4-2-17)28(19-5-6-19)29-34-26-11-7-20(15-27(26)35-29)30(36)33-22-9-10-22/h7-8,11-19,22,28H,1-6,9-10H2,(H,33,36)(H,34,35). The molecule has 3 fully saturated rings. The van der Waals surface area contributed by atoms with Crippen molar-refractivity contribution in [2.75, 3.05) is 0 Å². The highest BCUT2D eigenvalue weighted by molar-refractivity contribution is 5.97. The molecule has 2 aromatic carbocycles. The zero-order valence-corrected chi connectivity index (χ0v) is 20.3. The third-order valence-electron chi connectivity index (χ3n) is 8.58. The summed E-state index contributed by atoms with van der Waals surface area (Å²) in [5.41, 5.74) is 4.71. The minimum Gasteiger partial charge on any atom is -0.349 e. The van der Waals surface area contributed by atoms with Gasteiger partial charge in [0, 0.05) is 29.1 Å². The zero-order chi connectivity index (χ0) is 24.2. The van der Waals surface area contributed by atoms with Crippen LogP contribution in [-0.2, 0) is 0 Å². The molecule has 4 aromatic rings. The van der Waals surface area contributed by atoms with E-state index in [0.29, 0.717) is 35.3 Å². The Labute approximate surface area is 209 Å². The number of aromatic amines is 1. The molecule has 0 aliphatic heterocycles. The van der Waals surface area contributed by atoms with Gasteiger partial charge in [-0.05, 0) is 117 Å². The molecule has 0 bridgehead atoms. The fourth-order valence-corrected chi connectivity index (χ4v) is 6.40. The second-order valence-corrected chi connectivity index (χ2v) is 11.1. The van der Waals surface area contributed by atoms with E-state index in [1.54, 1.807) is 12.1 Å². The van der Waals surface area contributed by atoms with Gasteiger partial charge in [0.05, 0.1) is 16.6 Å². The van der Waals surface area contributed by atoms with Gasteiger partial charge in [-0.15, -0.1) is 0 Å². The van der Waals surface area contributed by atoms with Gasteiger partial charge in [-0.3, -0.25) is 9.78 Å². The molecule has 2 heterocycles. The Morgan fingerprint density at radius 1 is 0.917 bits per heavy atom. The van der Waals surface area contributed by atoms with Crippen LogP contribution in [0.15, 0.2) is 48.7 Å². The van der Waals surface area contributed by atoms with Crippen molar-refractivity contribution in [3.8, 4) is 0 Å². The summed E-state index contributed by atoms with van der Waals surface area (Å²) in [5, 5.41) is 4.04. The average molecular weight is 483 g/mol. The quantitative estimate of drug-likeness (QED) is 0.325. The van der Waals surface area contributed by atoms with Gasteiger partial charge in [-0.1, -0.05) is 0 Å². The van der Waals surface area contributed by atoms with Gasteiger partial charge in [-0.25, -0.2) is 9.37 Å². The minimum atomic E-state index is -0.197. The van der Waals surface area contributed by atoms with E-state index < -0.39 is 0 Å². The van der Waals surface area contributed by atoms with Gasteiger partial charge in [-0.2, -0.15) is 0 Å². The van der Waals surface area contributed by atoms with Crippen LogP contribution in [0.5, 0.6) is 0 Å². The van der Waals surface area contributed by atoms with Crippen molar-refractivity contribution >= 4 is 27.8 Å². The van der Waals surface area contributed by atoms with Crippen LogP contribution in [-0.4, -0.2) is 26.9 Å². The van der Waals surface area contributed by atoms with Gasteiger partial charge in [0.25, 0.3) is 5.91 Å². The molecule has 3 aliphatic rings. The third-order valence-corrected chi connectivity index (χ3v) is 8.58. The van der Waals surface area contributed by atoms with Gasteiger partial charge >= 0.3 is 0 Å². The number of pyridine rings is 1.